The molecule has 0 unspecified atom stereocenters. The topological polar surface area (TPSA) is 35.5 Å². The summed E-state index contributed by atoms with van der Waals surface area (Å²) < 4.78 is 35.1. The minimum absolute atomic E-state index is 0.245. The first-order valence-electron chi connectivity index (χ1n) is 7.91. The third-order valence-electron chi connectivity index (χ3n) is 4.32. The van der Waals surface area contributed by atoms with Crippen LogP contribution in [0.3, 0.4) is 0 Å². The molecule has 0 aromatic heterocycles. The molecule has 1 heterocycles. The Morgan fingerprint density at radius 2 is 1.71 bits per heavy atom. The Morgan fingerprint density at radius 3 is 2.33 bits per heavy atom. The second kappa shape index (κ2) is 8.59. The van der Waals surface area contributed by atoms with Gasteiger partial charge in [-0.25, -0.2) is 0 Å². The second-order valence-corrected chi connectivity index (χ2v) is 6.08. The molecule has 0 aromatic rings. The number of halogens is 2. The third-order valence-corrected chi connectivity index (χ3v) is 4.32. The van der Waals surface area contributed by atoms with Gasteiger partial charge < -0.3 is 9.47 Å². The van der Waals surface area contributed by atoms with Crippen LogP contribution in [0.4, 0.5) is 8.78 Å². The zero-order valence-electron chi connectivity index (χ0n) is 12.4. The molecule has 1 saturated heterocycles. The molecule has 0 radical (unpaired) electrons. The van der Waals surface area contributed by atoms with Crippen molar-refractivity contribution in [2.75, 3.05) is 13.2 Å². The fourth-order valence-corrected chi connectivity index (χ4v) is 3.03. The Labute approximate surface area is 124 Å². The Bertz CT molecular complexity index is 349. The minimum atomic E-state index is -1.67. The van der Waals surface area contributed by atoms with Crippen LogP contribution in [-0.2, 0) is 14.3 Å². The standard InChI is InChI=1S/C16H24F2O3/c17-15(18)9-13-10-20-16(21-11-13)4-2-1-3-12-5-7-14(19)8-6-12/h9,12-13,16H,1-8,10-11H2. The van der Waals surface area contributed by atoms with Crippen LogP contribution in [0.15, 0.2) is 12.2 Å². The average molecular weight is 302 g/mol. The van der Waals surface area contributed by atoms with Gasteiger partial charge in [-0.05, 0) is 37.7 Å². The van der Waals surface area contributed by atoms with Crippen LogP contribution >= 0.6 is 0 Å². The summed E-state index contributed by atoms with van der Waals surface area (Å²) in [5.41, 5.74) is 0. The first-order valence-corrected chi connectivity index (χ1v) is 7.91. The Kier molecular flexibility index (Phi) is 6.77. The number of carbonyl (C=O) groups excluding carboxylic acids is 1. The molecule has 0 N–H and O–H groups in total. The lowest BCUT2D eigenvalue weighted by atomic mass is 9.85. The molecule has 0 atom stereocenters. The number of ketones is 1. The lowest BCUT2D eigenvalue weighted by Crippen LogP contribution is -2.31. The fourth-order valence-electron chi connectivity index (χ4n) is 3.03. The van der Waals surface area contributed by atoms with Gasteiger partial charge in [0.05, 0.1) is 13.2 Å². The Morgan fingerprint density at radius 1 is 1.10 bits per heavy atom. The number of ether oxygens (including phenoxy) is 2. The summed E-state index contributed by atoms with van der Waals surface area (Å²) in [7, 11) is 0. The maximum atomic E-state index is 12.1. The number of unbranched alkanes of at least 4 members (excludes halogenated alkanes) is 1. The van der Waals surface area contributed by atoms with E-state index in [4.69, 9.17) is 9.47 Å². The molecule has 1 aliphatic heterocycles. The number of hydrogen-bond donors (Lipinski definition) is 0. The van der Waals surface area contributed by atoms with E-state index >= 15 is 0 Å². The predicted octanol–water partition coefficient (Wildman–Crippen LogP) is 4.08. The van der Waals surface area contributed by atoms with Crippen LogP contribution < -0.4 is 0 Å². The Balaban J connectivity index is 1.52. The van der Waals surface area contributed by atoms with E-state index in [1.54, 1.807) is 0 Å². The lowest BCUT2D eigenvalue weighted by Gasteiger charge is -2.28. The van der Waals surface area contributed by atoms with E-state index in [2.05, 4.69) is 0 Å². The number of hydrogen-bond acceptors (Lipinski definition) is 3. The molecule has 2 fully saturated rings. The molecule has 0 bridgehead atoms. The van der Waals surface area contributed by atoms with Gasteiger partial charge in [0, 0.05) is 18.8 Å². The van der Waals surface area contributed by atoms with E-state index in [1.807, 2.05) is 0 Å². The summed E-state index contributed by atoms with van der Waals surface area (Å²) in [5.74, 6) is 0.771. The maximum absolute atomic E-state index is 12.1. The molecule has 120 valence electrons. The second-order valence-electron chi connectivity index (χ2n) is 6.08. The Hall–Kier alpha value is -0.810. The highest BCUT2D eigenvalue weighted by atomic mass is 19.3. The van der Waals surface area contributed by atoms with Crippen molar-refractivity contribution in [2.24, 2.45) is 11.8 Å². The van der Waals surface area contributed by atoms with Crippen molar-refractivity contribution in [3.05, 3.63) is 12.2 Å². The average Bonchev–Trinajstić information content (AvgIpc) is 2.46. The van der Waals surface area contributed by atoms with Crippen molar-refractivity contribution in [2.45, 2.75) is 57.7 Å². The summed E-state index contributed by atoms with van der Waals surface area (Å²) in [6.45, 7) is 0.624. The minimum Gasteiger partial charge on any atom is -0.352 e. The van der Waals surface area contributed by atoms with Crippen molar-refractivity contribution in [1.82, 2.24) is 0 Å². The molecule has 5 heteroatoms. The van der Waals surface area contributed by atoms with E-state index in [0.29, 0.717) is 24.9 Å². The van der Waals surface area contributed by atoms with Gasteiger partial charge in [0.1, 0.15) is 5.78 Å². The van der Waals surface area contributed by atoms with E-state index < -0.39 is 6.08 Å². The monoisotopic (exact) mass is 302 g/mol. The molecule has 2 rings (SSSR count). The fraction of sp³-hybridized carbons (Fsp3) is 0.812. The first-order chi connectivity index (χ1) is 10.1. The highest BCUT2D eigenvalue weighted by Crippen LogP contribution is 2.27. The SMILES string of the molecule is O=C1CCC(CCCCC2OCC(C=C(F)F)CO2)CC1. The number of Topliss-reactive ketones (excluding diaryl/α,β-unsaturated/α-hetero) is 1. The van der Waals surface area contributed by atoms with Crippen LogP contribution in [0.2, 0.25) is 0 Å². The highest BCUT2D eigenvalue weighted by Gasteiger charge is 2.22. The summed E-state index contributed by atoms with van der Waals surface area (Å²) in [6.07, 6.45) is 6.69. The van der Waals surface area contributed by atoms with Gasteiger partial charge in [-0.15, -0.1) is 0 Å². The van der Waals surface area contributed by atoms with E-state index in [-0.39, 0.29) is 12.2 Å². The lowest BCUT2D eigenvalue weighted by molar-refractivity contribution is -0.196. The van der Waals surface area contributed by atoms with Crippen LogP contribution in [0.1, 0.15) is 51.4 Å². The van der Waals surface area contributed by atoms with Gasteiger partial charge in [0.25, 0.3) is 6.08 Å². The predicted molar refractivity (Wildman–Crippen MR) is 74.9 cm³/mol. The van der Waals surface area contributed by atoms with E-state index in [0.717, 1.165) is 51.0 Å². The maximum Gasteiger partial charge on any atom is 0.266 e. The molecule has 3 nitrogen and oxygen atoms in total. The highest BCUT2D eigenvalue weighted by molar-refractivity contribution is 5.78. The van der Waals surface area contributed by atoms with Gasteiger partial charge in [-0.2, -0.15) is 8.78 Å². The van der Waals surface area contributed by atoms with Gasteiger partial charge in [-0.1, -0.05) is 12.8 Å². The summed E-state index contributed by atoms with van der Waals surface area (Å²) >= 11 is 0. The third kappa shape index (κ3) is 6.22. The molecule has 0 amide bonds. The molecule has 21 heavy (non-hydrogen) atoms. The van der Waals surface area contributed by atoms with Gasteiger partial charge in [-0.3, -0.25) is 4.79 Å². The molecular formula is C16H24F2O3. The van der Waals surface area contributed by atoms with Crippen LogP contribution in [0, 0.1) is 11.8 Å². The molecule has 2 aliphatic rings. The van der Waals surface area contributed by atoms with Crippen LogP contribution in [0.25, 0.3) is 0 Å². The molecule has 1 aliphatic carbocycles. The molecule has 0 aromatic carbocycles. The van der Waals surface area contributed by atoms with Crippen LogP contribution in [-0.4, -0.2) is 25.3 Å². The van der Waals surface area contributed by atoms with Crippen molar-refractivity contribution in [3.63, 3.8) is 0 Å². The van der Waals surface area contributed by atoms with Crippen molar-refractivity contribution < 1.29 is 23.0 Å². The van der Waals surface area contributed by atoms with E-state index in [9.17, 15) is 13.6 Å². The van der Waals surface area contributed by atoms with E-state index in [1.165, 1.54) is 6.42 Å². The van der Waals surface area contributed by atoms with Gasteiger partial charge in [0.2, 0.25) is 0 Å². The summed E-state index contributed by atoms with van der Waals surface area (Å²) in [5, 5.41) is 0. The molecular weight excluding hydrogens is 278 g/mol. The normalized spacial score (nSPS) is 27.6. The van der Waals surface area contributed by atoms with Gasteiger partial charge in [0.15, 0.2) is 6.29 Å². The largest absolute Gasteiger partial charge is 0.352 e. The quantitative estimate of drug-likeness (QED) is 0.694. The smallest absolute Gasteiger partial charge is 0.266 e. The zero-order chi connectivity index (χ0) is 15.1. The number of rotatable bonds is 6. The molecule has 1 saturated carbocycles. The van der Waals surface area contributed by atoms with Crippen LogP contribution in [0.5, 0.6) is 0 Å². The molecule has 0 spiro atoms. The first kappa shape index (κ1) is 16.6. The summed E-state index contributed by atoms with van der Waals surface area (Å²) in [4.78, 5) is 11.2. The number of carbonyl (C=O) groups is 1. The summed E-state index contributed by atoms with van der Waals surface area (Å²) in [6, 6.07) is 0. The van der Waals surface area contributed by atoms with Crippen molar-refractivity contribution in [3.8, 4) is 0 Å². The van der Waals surface area contributed by atoms with Crippen molar-refractivity contribution >= 4 is 5.78 Å². The van der Waals surface area contributed by atoms with Gasteiger partial charge >= 0.3 is 0 Å². The van der Waals surface area contributed by atoms with Crippen molar-refractivity contribution in [1.29, 1.82) is 0 Å². The zero-order valence-corrected chi connectivity index (χ0v) is 12.4.